The van der Waals surface area contributed by atoms with Gasteiger partial charge in [-0.1, -0.05) is 0 Å². The van der Waals surface area contributed by atoms with Crippen LogP contribution in [0.2, 0.25) is 0 Å². The number of guanidine groups is 1. The molecule has 1 saturated carbocycles. The first-order chi connectivity index (χ1) is 5.77. The van der Waals surface area contributed by atoms with E-state index >= 15 is 0 Å². The molecule has 3 nitrogen and oxygen atoms in total. The Morgan fingerprint density at radius 2 is 2.31 bits per heavy atom. The summed E-state index contributed by atoms with van der Waals surface area (Å²) in [6.45, 7) is 1.56. The van der Waals surface area contributed by atoms with E-state index in [9.17, 15) is 8.78 Å². The number of nitrogens with zero attached hydrogens (tertiary/aromatic N) is 1. The second kappa shape index (κ2) is 4.39. The molecule has 1 fully saturated rings. The fourth-order valence-corrected chi connectivity index (χ4v) is 1.33. The van der Waals surface area contributed by atoms with Crippen LogP contribution in [0.4, 0.5) is 8.78 Å². The van der Waals surface area contributed by atoms with Gasteiger partial charge in [-0.05, 0) is 6.42 Å². The highest BCUT2D eigenvalue weighted by molar-refractivity contribution is 14.0. The van der Waals surface area contributed by atoms with Gasteiger partial charge in [0.15, 0.2) is 5.96 Å². The lowest BCUT2D eigenvalue weighted by Crippen LogP contribution is -2.36. The van der Waals surface area contributed by atoms with Crippen molar-refractivity contribution in [1.82, 2.24) is 10.6 Å². The van der Waals surface area contributed by atoms with Crippen molar-refractivity contribution in [1.29, 1.82) is 0 Å². The van der Waals surface area contributed by atoms with Gasteiger partial charge in [0.05, 0.1) is 6.54 Å². The Balaban J connectivity index is 0.000000845. The normalized spacial score (nSPS) is 30.5. The highest BCUT2D eigenvalue weighted by Crippen LogP contribution is 2.35. The van der Waals surface area contributed by atoms with E-state index in [0.717, 1.165) is 13.1 Å². The lowest BCUT2D eigenvalue weighted by Gasteiger charge is -2.04. The van der Waals surface area contributed by atoms with Crippen molar-refractivity contribution in [3.63, 3.8) is 0 Å². The summed E-state index contributed by atoms with van der Waals surface area (Å²) in [5, 5.41) is 5.92. The summed E-state index contributed by atoms with van der Waals surface area (Å²) < 4.78 is 24.1. The second-order valence-electron chi connectivity index (χ2n) is 3.14. The smallest absolute Gasteiger partial charge is 0.243 e. The van der Waals surface area contributed by atoms with Crippen LogP contribution in [-0.2, 0) is 0 Å². The number of hydrogen-bond acceptors (Lipinski definition) is 3. The molecule has 2 aliphatic rings. The molecule has 2 atom stereocenters. The van der Waals surface area contributed by atoms with Crippen molar-refractivity contribution < 1.29 is 8.78 Å². The molecular formula is C7H12F2IN3. The van der Waals surface area contributed by atoms with Crippen LogP contribution in [0, 0.1) is 5.92 Å². The minimum atomic E-state index is -2.19. The second-order valence-corrected chi connectivity index (χ2v) is 3.14. The average Bonchev–Trinajstić information content (AvgIpc) is 2.57. The van der Waals surface area contributed by atoms with E-state index in [0.29, 0.717) is 12.4 Å². The molecule has 0 aromatic carbocycles. The molecule has 0 saturated heterocycles. The zero-order valence-corrected chi connectivity index (χ0v) is 9.30. The Hall–Kier alpha value is -0.140. The van der Waals surface area contributed by atoms with Crippen molar-refractivity contribution in [2.75, 3.05) is 13.1 Å². The van der Waals surface area contributed by atoms with Crippen molar-refractivity contribution in [3.8, 4) is 0 Å². The molecule has 0 aromatic rings. The van der Waals surface area contributed by atoms with E-state index in [4.69, 9.17) is 0 Å². The largest absolute Gasteiger partial charge is 0.355 e. The van der Waals surface area contributed by atoms with Gasteiger partial charge in [-0.2, -0.15) is 0 Å². The van der Waals surface area contributed by atoms with Gasteiger partial charge in [-0.15, -0.1) is 24.0 Å². The monoisotopic (exact) mass is 303 g/mol. The van der Waals surface area contributed by atoms with Gasteiger partial charge in [0, 0.05) is 18.5 Å². The van der Waals surface area contributed by atoms with Crippen LogP contribution in [0.3, 0.4) is 0 Å². The molecule has 76 valence electrons. The van der Waals surface area contributed by atoms with E-state index in [1.165, 1.54) is 0 Å². The highest BCUT2D eigenvalue weighted by atomic mass is 127. The SMILES string of the molecule is FC(F)[C@H]1C[C@@H]1NC1=NCCN1.I. The van der Waals surface area contributed by atoms with E-state index < -0.39 is 12.3 Å². The third-order valence-electron chi connectivity index (χ3n) is 2.16. The Morgan fingerprint density at radius 3 is 2.77 bits per heavy atom. The molecule has 13 heavy (non-hydrogen) atoms. The zero-order chi connectivity index (χ0) is 8.55. The number of nitrogens with one attached hydrogen (secondary N) is 2. The highest BCUT2D eigenvalue weighted by Gasteiger charge is 2.44. The first-order valence-electron chi connectivity index (χ1n) is 4.10. The first-order valence-corrected chi connectivity index (χ1v) is 4.10. The fraction of sp³-hybridized carbons (Fsp3) is 0.857. The summed E-state index contributed by atoms with van der Waals surface area (Å²) in [5.41, 5.74) is 0. The summed E-state index contributed by atoms with van der Waals surface area (Å²) in [6.07, 6.45) is -1.62. The van der Waals surface area contributed by atoms with Crippen LogP contribution in [0.15, 0.2) is 4.99 Å². The lowest BCUT2D eigenvalue weighted by molar-refractivity contribution is 0.119. The van der Waals surface area contributed by atoms with Gasteiger partial charge in [-0.25, -0.2) is 8.78 Å². The summed E-state index contributed by atoms with van der Waals surface area (Å²) in [7, 11) is 0. The molecule has 2 rings (SSSR count). The van der Waals surface area contributed by atoms with Crippen molar-refractivity contribution >= 4 is 29.9 Å². The van der Waals surface area contributed by atoms with Gasteiger partial charge in [0.2, 0.25) is 6.43 Å². The maximum Gasteiger partial charge on any atom is 0.243 e. The molecule has 0 spiro atoms. The molecule has 0 amide bonds. The number of rotatable bonds is 2. The van der Waals surface area contributed by atoms with E-state index in [1.54, 1.807) is 0 Å². The minimum Gasteiger partial charge on any atom is -0.355 e. The molecule has 1 heterocycles. The third-order valence-corrected chi connectivity index (χ3v) is 2.16. The molecule has 0 radical (unpaired) electrons. The van der Waals surface area contributed by atoms with Crippen molar-refractivity contribution in [3.05, 3.63) is 0 Å². The topological polar surface area (TPSA) is 36.4 Å². The third kappa shape index (κ3) is 2.65. The Bertz CT molecular complexity index is 210. The predicted molar refractivity (Wildman–Crippen MR) is 56.8 cm³/mol. The molecule has 0 bridgehead atoms. The Labute approximate surface area is 92.4 Å². The summed E-state index contributed by atoms with van der Waals surface area (Å²) in [4.78, 5) is 4.06. The standard InChI is InChI=1S/C7H11F2N3.HI/c8-6(9)4-3-5(4)12-7-10-1-2-11-7;/h4-6H,1-3H2,(H2,10,11,12);1H/t4-,5-;/m0./s1. The number of halogens is 3. The van der Waals surface area contributed by atoms with Crippen LogP contribution >= 0.6 is 24.0 Å². The van der Waals surface area contributed by atoms with E-state index in [-0.39, 0.29) is 30.0 Å². The lowest BCUT2D eigenvalue weighted by atomic mass is 10.4. The molecule has 2 N–H and O–H groups in total. The fourth-order valence-electron chi connectivity index (χ4n) is 1.33. The van der Waals surface area contributed by atoms with E-state index in [1.807, 2.05) is 0 Å². The van der Waals surface area contributed by atoms with Gasteiger partial charge < -0.3 is 10.6 Å². The Kier molecular flexibility index (Phi) is 3.69. The first kappa shape index (κ1) is 10.9. The molecule has 1 aliphatic heterocycles. The van der Waals surface area contributed by atoms with Crippen LogP contribution in [0.25, 0.3) is 0 Å². The summed E-state index contributed by atoms with van der Waals surface area (Å²) in [5.74, 6) is 0.221. The zero-order valence-electron chi connectivity index (χ0n) is 6.96. The van der Waals surface area contributed by atoms with Gasteiger partial charge >= 0.3 is 0 Å². The summed E-state index contributed by atoms with van der Waals surface area (Å²) in [6, 6.07) is -0.0608. The Morgan fingerprint density at radius 1 is 1.54 bits per heavy atom. The maximum atomic E-state index is 12.0. The maximum absolute atomic E-state index is 12.0. The van der Waals surface area contributed by atoms with Crippen LogP contribution in [-0.4, -0.2) is 31.5 Å². The number of aliphatic imine (C=N–C) groups is 1. The molecule has 0 unspecified atom stereocenters. The van der Waals surface area contributed by atoms with Crippen molar-refractivity contribution in [2.45, 2.75) is 18.9 Å². The summed E-state index contributed by atoms with van der Waals surface area (Å²) >= 11 is 0. The molecule has 0 aromatic heterocycles. The van der Waals surface area contributed by atoms with Gasteiger partial charge in [-0.3, -0.25) is 4.99 Å². The van der Waals surface area contributed by atoms with Crippen LogP contribution < -0.4 is 10.6 Å². The molecular weight excluding hydrogens is 291 g/mol. The van der Waals surface area contributed by atoms with Crippen molar-refractivity contribution in [2.24, 2.45) is 10.9 Å². The number of alkyl halides is 2. The van der Waals surface area contributed by atoms with Crippen LogP contribution in [0.1, 0.15) is 6.42 Å². The van der Waals surface area contributed by atoms with Gasteiger partial charge in [0.1, 0.15) is 0 Å². The minimum absolute atomic E-state index is 0. The molecule has 6 heteroatoms. The predicted octanol–water partition coefficient (Wildman–Crippen LogP) is 0.807. The average molecular weight is 303 g/mol. The molecule has 1 aliphatic carbocycles. The van der Waals surface area contributed by atoms with Gasteiger partial charge in [0.25, 0.3) is 0 Å². The number of hydrogen-bond donors (Lipinski definition) is 2. The quantitative estimate of drug-likeness (QED) is 0.741. The van der Waals surface area contributed by atoms with Crippen LogP contribution in [0.5, 0.6) is 0 Å². The van der Waals surface area contributed by atoms with E-state index in [2.05, 4.69) is 15.6 Å².